The molecule has 1 aliphatic heterocycles. The Balaban J connectivity index is 1.71. The standard InChI is InChI=1S/C8H15N/c1-2-9-5-8(6-9)7-3-4-7/h7-8H,2-6H2,1H3. The van der Waals surface area contributed by atoms with E-state index in [-0.39, 0.29) is 0 Å². The highest BCUT2D eigenvalue weighted by molar-refractivity contribution is 4.90. The summed E-state index contributed by atoms with van der Waals surface area (Å²) < 4.78 is 0. The zero-order chi connectivity index (χ0) is 6.27. The van der Waals surface area contributed by atoms with Gasteiger partial charge in [0.1, 0.15) is 0 Å². The molecule has 0 bridgehead atoms. The molecule has 0 N–H and O–H groups in total. The van der Waals surface area contributed by atoms with E-state index in [4.69, 9.17) is 0 Å². The average molecular weight is 125 g/mol. The van der Waals surface area contributed by atoms with Crippen LogP contribution in [0.3, 0.4) is 0 Å². The molecular weight excluding hydrogens is 110 g/mol. The second-order valence-corrected chi connectivity index (χ2v) is 3.45. The van der Waals surface area contributed by atoms with Gasteiger partial charge in [0.25, 0.3) is 0 Å². The van der Waals surface area contributed by atoms with Crippen LogP contribution >= 0.6 is 0 Å². The van der Waals surface area contributed by atoms with Gasteiger partial charge >= 0.3 is 0 Å². The molecule has 52 valence electrons. The van der Waals surface area contributed by atoms with Crippen LogP contribution in [0.2, 0.25) is 0 Å². The molecule has 0 spiro atoms. The van der Waals surface area contributed by atoms with Gasteiger partial charge in [-0.2, -0.15) is 0 Å². The Morgan fingerprint density at radius 1 is 1.22 bits per heavy atom. The van der Waals surface area contributed by atoms with Gasteiger partial charge in [0.2, 0.25) is 0 Å². The lowest BCUT2D eigenvalue weighted by Crippen LogP contribution is -2.47. The Hall–Kier alpha value is -0.0400. The molecule has 9 heavy (non-hydrogen) atoms. The van der Waals surface area contributed by atoms with Crippen molar-refractivity contribution in [3.63, 3.8) is 0 Å². The van der Waals surface area contributed by atoms with Gasteiger partial charge in [-0.3, -0.25) is 0 Å². The first-order chi connectivity index (χ1) is 4.40. The summed E-state index contributed by atoms with van der Waals surface area (Å²) in [5, 5.41) is 0. The normalized spacial score (nSPS) is 30.3. The maximum absolute atomic E-state index is 2.53. The smallest absolute Gasteiger partial charge is 0.00246 e. The molecular formula is C8H15N. The van der Waals surface area contributed by atoms with Crippen molar-refractivity contribution in [2.75, 3.05) is 19.6 Å². The number of likely N-dealkylation sites (tertiary alicyclic amines) is 1. The van der Waals surface area contributed by atoms with Crippen LogP contribution in [0.1, 0.15) is 19.8 Å². The maximum Gasteiger partial charge on any atom is 0.00246 e. The molecule has 0 aromatic rings. The molecule has 0 amide bonds. The third kappa shape index (κ3) is 0.983. The fourth-order valence-electron chi connectivity index (χ4n) is 1.73. The Morgan fingerprint density at radius 2 is 1.89 bits per heavy atom. The van der Waals surface area contributed by atoms with Crippen molar-refractivity contribution in [3.05, 3.63) is 0 Å². The third-order valence-corrected chi connectivity index (χ3v) is 2.72. The number of hydrogen-bond acceptors (Lipinski definition) is 1. The van der Waals surface area contributed by atoms with Crippen molar-refractivity contribution >= 4 is 0 Å². The highest BCUT2D eigenvalue weighted by Gasteiger charge is 2.38. The van der Waals surface area contributed by atoms with Gasteiger partial charge in [0.15, 0.2) is 0 Å². The van der Waals surface area contributed by atoms with Crippen molar-refractivity contribution < 1.29 is 0 Å². The molecule has 1 saturated heterocycles. The Kier molecular flexibility index (Phi) is 1.26. The van der Waals surface area contributed by atoms with E-state index < -0.39 is 0 Å². The fraction of sp³-hybridized carbons (Fsp3) is 1.00. The van der Waals surface area contributed by atoms with Crippen LogP contribution in [0.4, 0.5) is 0 Å². The first kappa shape index (κ1) is 5.72. The minimum atomic E-state index is 1.10. The van der Waals surface area contributed by atoms with E-state index in [0.717, 1.165) is 11.8 Å². The van der Waals surface area contributed by atoms with Crippen LogP contribution in [-0.4, -0.2) is 24.5 Å². The van der Waals surface area contributed by atoms with E-state index in [9.17, 15) is 0 Å². The summed E-state index contributed by atoms with van der Waals surface area (Å²) in [7, 11) is 0. The van der Waals surface area contributed by atoms with E-state index in [1.165, 1.54) is 32.5 Å². The van der Waals surface area contributed by atoms with Crippen LogP contribution in [0, 0.1) is 11.8 Å². The molecule has 1 nitrogen and oxygen atoms in total. The first-order valence-corrected chi connectivity index (χ1v) is 4.12. The summed E-state index contributed by atoms with van der Waals surface area (Å²) >= 11 is 0. The van der Waals surface area contributed by atoms with Crippen molar-refractivity contribution in [2.24, 2.45) is 11.8 Å². The van der Waals surface area contributed by atoms with Gasteiger partial charge in [0.05, 0.1) is 0 Å². The first-order valence-electron chi connectivity index (χ1n) is 4.12. The SMILES string of the molecule is CCN1CC(C2CC2)C1. The van der Waals surface area contributed by atoms with Crippen LogP contribution in [0.25, 0.3) is 0 Å². The second kappa shape index (κ2) is 1.98. The largest absolute Gasteiger partial charge is 0.303 e. The zero-order valence-electron chi connectivity index (χ0n) is 6.14. The number of hydrogen-bond donors (Lipinski definition) is 0. The molecule has 1 heterocycles. The molecule has 2 fully saturated rings. The van der Waals surface area contributed by atoms with Crippen LogP contribution in [0.15, 0.2) is 0 Å². The summed E-state index contributed by atoms with van der Waals surface area (Å²) in [5.74, 6) is 2.25. The van der Waals surface area contributed by atoms with E-state index in [2.05, 4.69) is 11.8 Å². The molecule has 2 rings (SSSR count). The molecule has 0 aromatic heterocycles. The lowest BCUT2D eigenvalue weighted by molar-refractivity contribution is 0.0919. The predicted octanol–water partition coefficient (Wildman–Crippen LogP) is 1.35. The molecule has 1 aliphatic carbocycles. The summed E-state index contributed by atoms with van der Waals surface area (Å²) in [6.45, 7) is 6.33. The highest BCUT2D eigenvalue weighted by atomic mass is 15.2. The summed E-state index contributed by atoms with van der Waals surface area (Å²) in [6, 6.07) is 0. The monoisotopic (exact) mass is 125 g/mol. The van der Waals surface area contributed by atoms with Crippen LogP contribution < -0.4 is 0 Å². The van der Waals surface area contributed by atoms with Crippen LogP contribution in [0.5, 0.6) is 0 Å². The number of nitrogens with zero attached hydrogens (tertiary/aromatic N) is 1. The molecule has 0 unspecified atom stereocenters. The van der Waals surface area contributed by atoms with E-state index >= 15 is 0 Å². The van der Waals surface area contributed by atoms with Gasteiger partial charge < -0.3 is 4.90 Å². The van der Waals surface area contributed by atoms with Gasteiger partial charge in [-0.1, -0.05) is 6.92 Å². The van der Waals surface area contributed by atoms with Gasteiger partial charge in [-0.15, -0.1) is 0 Å². The molecule has 2 aliphatic rings. The van der Waals surface area contributed by atoms with E-state index in [1.54, 1.807) is 0 Å². The predicted molar refractivity (Wildman–Crippen MR) is 38.3 cm³/mol. The van der Waals surface area contributed by atoms with Gasteiger partial charge in [-0.05, 0) is 31.2 Å². The maximum atomic E-state index is 2.53. The summed E-state index contributed by atoms with van der Waals surface area (Å²) in [5.41, 5.74) is 0. The van der Waals surface area contributed by atoms with E-state index in [0.29, 0.717) is 0 Å². The lowest BCUT2D eigenvalue weighted by Gasteiger charge is -2.38. The Labute approximate surface area is 57.0 Å². The average Bonchev–Trinajstić information content (AvgIpc) is 2.46. The van der Waals surface area contributed by atoms with Crippen molar-refractivity contribution in [1.82, 2.24) is 4.90 Å². The minimum absolute atomic E-state index is 1.10. The summed E-state index contributed by atoms with van der Waals surface area (Å²) in [4.78, 5) is 2.53. The third-order valence-electron chi connectivity index (χ3n) is 2.72. The Morgan fingerprint density at radius 3 is 2.33 bits per heavy atom. The molecule has 0 aromatic carbocycles. The molecule has 0 radical (unpaired) electrons. The minimum Gasteiger partial charge on any atom is -0.303 e. The fourth-order valence-corrected chi connectivity index (χ4v) is 1.73. The molecule has 1 heteroatoms. The van der Waals surface area contributed by atoms with E-state index in [1.807, 2.05) is 0 Å². The molecule has 1 saturated carbocycles. The quantitative estimate of drug-likeness (QED) is 0.538. The topological polar surface area (TPSA) is 3.24 Å². The lowest BCUT2D eigenvalue weighted by atomic mass is 9.95. The van der Waals surface area contributed by atoms with Gasteiger partial charge in [0, 0.05) is 13.1 Å². The van der Waals surface area contributed by atoms with Crippen LogP contribution in [-0.2, 0) is 0 Å². The van der Waals surface area contributed by atoms with Gasteiger partial charge in [-0.25, -0.2) is 0 Å². The Bertz CT molecular complexity index is 101. The number of rotatable bonds is 2. The van der Waals surface area contributed by atoms with Crippen molar-refractivity contribution in [3.8, 4) is 0 Å². The van der Waals surface area contributed by atoms with Crippen molar-refractivity contribution in [2.45, 2.75) is 19.8 Å². The highest BCUT2D eigenvalue weighted by Crippen LogP contribution is 2.40. The van der Waals surface area contributed by atoms with Crippen molar-refractivity contribution in [1.29, 1.82) is 0 Å². The zero-order valence-corrected chi connectivity index (χ0v) is 6.14. The molecule has 0 atom stereocenters. The second-order valence-electron chi connectivity index (χ2n) is 3.45. The summed E-state index contributed by atoms with van der Waals surface area (Å²) in [6.07, 6.45) is 3.06.